The first kappa shape index (κ1) is 22.6. The minimum absolute atomic E-state index is 0.0158. The lowest BCUT2D eigenvalue weighted by molar-refractivity contribution is -0.121. The minimum Gasteiger partial charge on any atom is -0.497 e. The van der Waals surface area contributed by atoms with Gasteiger partial charge in [-0.25, -0.2) is 4.98 Å². The number of hydrogen-bond acceptors (Lipinski definition) is 4. The van der Waals surface area contributed by atoms with Crippen molar-refractivity contribution in [3.05, 3.63) is 90.3 Å². The van der Waals surface area contributed by atoms with Crippen molar-refractivity contribution in [2.24, 2.45) is 0 Å². The summed E-state index contributed by atoms with van der Waals surface area (Å²) in [5.41, 5.74) is 4.16. The molecular weight excluding hydrogens is 412 g/mol. The zero-order valence-corrected chi connectivity index (χ0v) is 19.4. The van der Waals surface area contributed by atoms with Crippen molar-refractivity contribution in [1.82, 2.24) is 19.8 Å². The number of ether oxygens (including phenoxy) is 1. The lowest BCUT2D eigenvalue weighted by Gasteiger charge is -2.25. The number of nitrogens with one attached hydrogen (secondary N) is 1. The van der Waals surface area contributed by atoms with Gasteiger partial charge in [0.15, 0.2) is 0 Å². The molecule has 0 aliphatic rings. The molecule has 6 heteroatoms. The number of aromatic nitrogens is 2. The summed E-state index contributed by atoms with van der Waals surface area (Å²) < 4.78 is 7.40. The van der Waals surface area contributed by atoms with Crippen LogP contribution in [0.15, 0.2) is 78.9 Å². The van der Waals surface area contributed by atoms with Gasteiger partial charge in [0.1, 0.15) is 11.6 Å². The number of aryl methyl sites for hydroxylation is 1. The summed E-state index contributed by atoms with van der Waals surface area (Å²) in [4.78, 5) is 19.7. The summed E-state index contributed by atoms with van der Waals surface area (Å²) in [6.07, 6.45) is 0.934. The molecule has 0 saturated carbocycles. The maximum atomic E-state index is 12.8. The third kappa shape index (κ3) is 5.23. The maximum Gasteiger partial charge on any atom is 0.220 e. The Kier molecular flexibility index (Phi) is 7.05. The van der Waals surface area contributed by atoms with Crippen LogP contribution in [0.25, 0.3) is 16.7 Å². The molecule has 1 heterocycles. The van der Waals surface area contributed by atoms with Crippen LogP contribution in [0.4, 0.5) is 0 Å². The van der Waals surface area contributed by atoms with E-state index in [1.807, 2.05) is 74.8 Å². The Morgan fingerprint density at radius 3 is 2.39 bits per heavy atom. The second-order valence-corrected chi connectivity index (χ2v) is 8.24. The second-order valence-electron chi connectivity index (χ2n) is 8.24. The van der Waals surface area contributed by atoms with Crippen molar-refractivity contribution in [2.75, 3.05) is 27.7 Å². The second kappa shape index (κ2) is 10.3. The quantitative estimate of drug-likeness (QED) is 0.418. The SMILES string of the molecule is COc1ccc(C(CNC(=O)CCc2nc3ccccc3n2-c2ccccc2)N(C)C)cc1. The van der Waals surface area contributed by atoms with E-state index in [0.29, 0.717) is 19.4 Å². The zero-order chi connectivity index (χ0) is 23.2. The fourth-order valence-corrected chi connectivity index (χ4v) is 4.06. The van der Waals surface area contributed by atoms with Crippen LogP contribution in [0.1, 0.15) is 23.9 Å². The highest BCUT2D eigenvalue weighted by Gasteiger charge is 2.17. The molecule has 4 rings (SSSR count). The van der Waals surface area contributed by atoms with Crippen molar-refractivity contribution in [1.29, 1.82) is 0 Å². The zero-order valence-electron chi connectivity index (χ0n) is 19.4. The van der Waals surface area contributed by atoms with Crippen LogP contribution >= 0.6 is 0 Å². The fraction of sp³-hybridized carbons (Fsp3) is 0.259. The fourth-order valence-electron chi connectivity index (χ4n) is 4.06. The molecule has 1 atom stereocenters. The van der Waals surface area contributed by atoms with Crippen LogP contribution in [-0.4, -0.2) is 48.1 Å². The highest BCUT2D eigenvalue weighted by atomic mass is 16.5. The van der Waals surface area contributed by atoms with Gasteiger partial charge >= 0.3 is 0 Å². The molecule has 33 heavy (non-hydrogen) atoms. The summed E-state index contributed by atoms with van der Waals surface area (Å²) in [5, 5.41) is 3.11. The Labute approximate surface area is 194 Å². The number of carbonyl (C=O) groups is 1. The van der Waals surface area contributed by atoms with Gasteiger partial charge in [-0.05, 0) is 56.1 Å². The number of rotatable bonds is 9. The molecule has 170 valence electrons. The van der Waals surface area contributed by atoms with E-state index in [-0.39, 0.29) is 11.9 Å². The third-order valence-corrected chi connectivity index (χ3v) is 5.84. The van der Waals surface area contributed by atoms with E-state index in [9.17, 15) is 4.79 Å². The van der Waals surface area contributed by atoms with Crippen molar-refractivity contribution < 1.29 is 9.53 Å². The Hall–Kier alpha value is -3.64. The Bertz CT molecular complexity index is 1200. The number of fused-ring (bicyclic) bond motifs is 1. The van der Waals surface area contributed by atoms with Crippen LogP contribution < -0.4 is 10.1 Å². The number of imidazole rings is 1. The topological polar surface area (TPSA) is 59.4 Å². The van der Waals surface area contributed by atoms with Gasteiger partial charge in [0.05, 0.1) is 24.2 Å². The molecule has 0 radical (unpaired) electrons. The molecule has 6 nitrogen and oxygen atoms in total. The number of benzene rings is 3. The lowest BCUT2D eigenvalue weighted by Crippen LogP contribution is -2.34. The van der Waals surface area contributed by atoms with E-state index < -0.39 is 0 Å². The number of carbonyl (C=O) groups excluding carboxylic acids is 1. The number of nitrogens with zero attached hydrogens (tertiary/aromatic N) is 3. The van der Waals surface area contributed by atoms with Crippen LogP contribution in [0, 0.1) is 0 Å². The normalized spacial score (nSPS) is 12.1. The predicted molar refractivity (Wildman–Crippen MR) is 132 cm³/mol. The van der Waals surface area contributed by atoms with Crippen molar-refractivity contribution in [3.63, 3.8) is 0 Å². The first-order valence-electron chi connectivity index (χ1n) is 11.2. The molecule has 0 bridgehead atoms. The summed E-state index contributed by atoms with van der Waals surface area (Å²) in [7, 11) is 5.69. The molecule has 0 fully saturated rings. The average Bonchev–Trinajstić information content (AvgIpc) is 3.22. The first-order chi connectivity index (χ1) is 16.1. The van der Waals surface area contributed by atoms with Gasteiger partial charge in [0, 0.05) is 25.1 Å². The molecule has 3 aromatic carbocycles. The van der Waals surface area contributed by atoms with Gasteiger partial charge in [-0.15, -0.1) is 0 Å². The highest BCUT2D eigenvalue weighted by molar-refractivity contribution is 5.79. The van der Waals surface area contributed by atoms with E-state index in [4.69, 9.17) is 9.72 Å². The van der Waals surface area contributed by atoms with E-state index in [1.165, 1.54) is 0 Å². The largest absolute Gasteiger partial charge is 0.497 e. The summed E-state index contributed by atoms with van der Waals surface area (Å²) in [6.45, 7) is 0.535. The van der Waals surface area contributed by atoms with Gasteiger partial charge in [-0.2, -0.15) is 0 Å². The molecule has 1 amide bonds. The molecule has 1 N–H and O–H groups in total. The minimum atomic E-state index is 0.0158. The molecule has 0 aliphatic carbocycles. The smallest absolute Gasteiger partial charge is 0.220 e. The standard InChI is InChI=1S/C27H30N4O2/c1-30(2)25(20-13-15-22(33-3)16-14-20)19-28-27(32)18-17-26-29-23-11-7-8-12-24(23)31(26)21-9-5-4-6-10-21/h4-16,25H,17-19H2,1-3H3,(H,28,32). The van der Waals surface area contributed by atoms with Gasteiger partial charge in [-0.3, -0.25) is 9.36 Å². The number of para-hydroxylation sites is 3. The van der Waals surface area contributed by atoms with E-state index in [1.54, 1.807) is 7.11 Å². The van der Waals surface area contributed by atoms with Crippen molar-refractivity contribution in [3.8, 4) is 11.4 Å². The van der Waals surface area contributed by atoms with E-state index >= 15 is 0 Å². The molecule has 1 aromatic heterocycles. The number of amides is 1. The summed E-state index contributed by atoms with van der Waals surface area (Å²) in [5.74, 6) is 1.72. The average molecular weight is 443 g/mol. The molecule has 0 spiro atoms. The predicted octanol–water partition coefficient (Wildman–Crippen LogP) is 4.39. The Morgan fingerprint density at radius 1 is 1.00 bits per heavy atom. The molecule has 0 saturated heterocycles. The van der Waals surface area contributed by atoms with E-state index in [0.717, 1.165) is 33.9 Å². The van der Waals surface area contributed by atoms with Crippen molar-refractivity contribution in [2.45, 2.75) is 18.9 Å². The number of hydrogen-bond donors (Lipinski definition) is 1. The monoisotopic (exact) mass is 442 g/mol. The first-order valence-corrected chi connectivity index (χ1v) is 11.2. The van der Waals surface area contributed by atoms with Crippen LogP contribution in [0.5, 0.6) is 5.75 Å². The Balaban J connectivity index is 1.44. The summed E-state index contributed by atoms with van der Waals surface area (Å²) >= 11 is 0. The maximum absolute atomic E-state index is 12.8. The van der Waals surface area contributed by atoms with Crippen LogP contribution in [-0.2, 0) is 11.2 Å². The number of methoxy groups -OCH3 is 1. The van der Waals surface area contributed by atoms with E-state index in [2.05, 4.69) is 33.0 Å². The number of likely N-dealkylation sites (N-methyl/N-ethyl adjacent to an activating group) is 1. The molecule has 0 aliphatic heterocycles. The molecular formula is C27H30N4O2. The Morgan fingerprint density at radius 2 is 1.70 bits per heavy atom. The van der Waals surface area contributed by atoms with Gasteiger partial charge in [0.2, 0.25) is 5.91 Å². The highest BCUT2D eigenvalue weighted by Crippen LogP contribution is 2.23. The van der Waals surface area contributed by atoms with Crippen molar-refractivity contribution >= 4 is 16.9 Å². The van der Waals surface area contributed by atoms with Crippen LogP contribution in [0.2, 0.25) is 0 Å². The molecule has 4 aromatic rings. The van der Waals surface area contributed by atoms with Gasteiger partial charge in [0.25, 0.3) is 0 Å². The summed E-state index contributed by atoms with van der Waals surface area (Å²) in [6, 6.07) is 26.3. The van der Waals surface area contributed by atoms with Gasteiger partial charge < -0.3 is 15.0 Å². The lowest BCUT2D eigenvalue weighted by atomic mass is 10.1. The van der Waals surface area contributed by atoms with Crippen LogP contribution in [0.3, 0.4) is 0 Å². The van der Waals surface area contributed by atoms with Gasteiger partial charge in [-0.1, -0.05) is 42.5 Å². The third-order valence-electron chi connectivity index (χ3n) is 5.84. The molecule has 1 unspecified atom stereocenters.